The molecular formula is C16H23N3O2S. The van der Waals surface area contributed by atoms with Gasteiger partial charge in [0.2, 0.25) is 11.8 Å². The third-order valence-electron chi connectivity index (χ3n) is 3.21. The Bertz CT molecular complexity index is 491. The molecule has 5 nitrogen and oxygen atoms in total. The average molecular weight is 321 g/mol. The Balaban J connectivity index is 1.53. The molecule has 0 heterocycles. The Morgan fingerprint density at radius 1 is 1.18 bits per heavy atom. The van der Waals surface area contributed by atoms with Crippen LogP contribution in [0, 0.1) is 0 Å². The Morgan fingerprint density at radius 2 is 1.86 bits per heavy atom. The van der Waals surface area contributed by atoms with Crippen LogP contribution < -0.4 is 10.6 Å². The van der Waals surface area contributed by atoms with Crippen molar-refractivity contribution < 1.29 is 9.59 Å². The van der Waals surface area contributed by atoms with Crippen molar-refractivity contribution in [1.82, 2.24) is 15.5 Å². The summed E-state index contributed by atoms with van der Waals surface area (Å²) < 4.78 is 0. The van der Waals surface area contributed by atoms with Gasteiger partial charge in [0.1, 0.15) is 0 Å². The standard InChI is InChI=1S/C16H23N3O2S/c1-19(12-16(21)18-13-7-8-13)11-15(20)17-9-10-22-14-5-3-2-4-6-14/h2-6,13H,7-12H2,1H3,(H,17,20)(H,18,21). The quantitative estimate of drug-likeness (QED) is 0.528. The van der Waals surface area contributed by atoms with Gasteiger partial charge in [-0.15, -0.1) is 11.8 Å². The van der Waals surface area contributed by atoms with E-state index in [2.05, 4.69) is 22.8 Å². The van der Waals surface area contributed by atoms with E-state index in [1.54, 1.807) is 23.7 Å². The fourth-order valence-corrected chi connectivity index (χ4v) is 2.77. The zero-order valence-electron chi connectivity index (χ0n) is 12.9. The van der Waals surface area contributed by atoms with Crippen molar-refractivity contribution in [3.05, 3.63) is 30.3 Å². The summed E-state index contributed by atoms with van der Waals surface area (Å²) in [7, 11) is 1.78. The fourth-order valence-electron chi connectivity index (χ4n) is 1.98. The van der Waals surface area contributed by atoms with Gasteiger partial charge in [-0.05, 0) is 32.0 Å². The predicted octanol–water partition coefficient (Wildman–Crippen LogP) is 1.11. The van der Waals surface area contributed by atoms with E-state index in [9.17, 15) is 9.59 Å². The first-order valence-corrected chi connectivity index (χ1v) is 8.54. The number of hydrogen-bond donors (Lipinski definition) is 2. The van der Waals surface area contributed by atoms with Gasteiger partial charge in [-0.3, -0.25) is 14.5 Å². The molecule has 1 aliphatic rings. The van der Waals surface area contributed by atoms with E-state index in [0.717, 1.165) is 18.6 Å². The minimum Gasteiger partial charge on any atom is -0.354 e. The Morgan fingerprint density at radius 3 is 2.55 bits per heavy atom. The number of thioether (sulfide) groups is 1. The lowest BCUT2D eigenvalue weighted by molar-refractivity contribution is -0.124. The topological polar surface area (TPSA) is 61.4 Å². The van der Waals surface area contributed by atoms with Crippen molar-refractivity contribution in [2.45, 2.75) is 23.8 Å². The highest BCUT2D eigenvalue weighted by Crippen LogP contribution is 2.18. The summed E-state index contributed by atoms with van der Waals surface area (Å²) in [6.07, 6.45) is 2.16. The molecule has 0 radical (unpaired) electrons. The fraction of sp³-hybridized carbons (Fsp3) is 0.500. The van der Waals surface area contributed by atoms with Crippen LogP contribution >= 0.6 is 11.8 Å². The maximum atomic E-state index is 11.8. The van der Waals surface area contributed by atoms with E-state index in [-0.39, 0.29) is 24.9 Å². The molecule has 1 aromatic carbocycles. The van der Waals surface area contributed by atoms with Crippen molar-refractivity contribution in [3.8, 4) is 0 Å². The molecule has 2 N–H and O–H groups in total. The highest BCUT2D eigenvalue weighted by atomic mass is 32.2. The lowest BCUT2D eigenvalue weighted by Crippen LogP contribution is -2.41. The van der Waals surface area contributed by atoms with Crippen LogP contribution in [-0.4, -0.2) is 55.2 Å². The van der Waals surface area contributed by atoms with Crippen LogP contribution in [0.4, 0.5) is 0 Å². The van der Waals surface area contributed by atoms with Gasteiger partial charge in [-0.1, -0.05) is 18.2 Å². The number of likely N-dealkylation sites (N-methyl/N-ethyl adjacent to an activating group) is 1. The second kappa shape index (κ2) is 8.80. The summed E-state index contributed by atoms with van der Waals surface area (Å²) >= 11 is 1.71. The first kappa shape index (κ1) is 16.8. The third kappa shape index (κ3) is 6.95. The normalized spacial score (nSPS) is 13.9. The number of nitrogens with zero attached hydrogens (tertiary/aromatic N) is 1. The first-order chi connectivity index (χ1) is 10.6. The van der Waals surface area contributed by atoms with Crippen LogP contribution in [0.25, 0.3) is 0 Å². The van der Waals surface area contributed by atoms with Crippen LogP contribution in [0.5, 0.6) is 0 Å². The van der Waals surface area contributed by atoms with Gasteiger partial charge >= 0.3 is 0 Å². The van der Waals surface area contributed by atoms with Crippen LogP contribution in [0.3, 0.4) is 0 Å². The molecule has 0 unspecified atom stereocenters. The van der Waals surface area contributed by atoms with Gasteiger partial charge in [0.25, 0.3) is 0 Å². The number of rotatable bonds is 9. The van der Waals surface area contributed by atoms with E-state index in [4.69, 9.17) is 0 Å². The highest BCUT2D eigenvalue weighted by molar-refractivity contribution is 7.99. The average Bonchev–Trinajstić information content (AvgIpc) is 3.28. The SMILES string of the molecule is CN(CC(=O)NCCSc1ccccc1)CC(=O)NC1CC1. The molecule has 6 heteroatoms. The van der Waals surface area contributed by atoms with Crippen LogP contribution in [0.1, 0.15) is 12.8 Å². The first-order valence-electron chi connectivity index (χ1n) is 7.56. The van der Waals surface area contributed by atoms with Crippen molar-refractivity contribution in [1.29, 1.82) is 0 Å². The third-order valence-corrected chi connectivity index (χ3v) is 4.22. The van der Waals surface area contributed by atoms with E-state index in [1.165, 1.54) is 4.90 Å². The molecule has 0 atom stereocenters. The number of carbonyl (C=O) groups is 2. The Labute approximate surface area is 135 Å². The lowest BCUT2D eigenvalue weighted by atomic mass is 10.4. The molecule has 22 heavy (non-hydrogen) atoms. The molecule has 120 valence electrons. The number of hydrogen-bond acceptors (Lipinski definition) is 4. The molecule has 0 saturated heterocycles. The van der Waals surface area contributed by atoms with Crippen LogP contribution in [-0.2, 0) is 9.59 Å². The minimum atomic E-state index is -0.0459. The Kier molecular flexibility index (Phi) is 6.74. The van der Waals surface area contributed by atoms with Crippen molar-refractivity contribution in [2.75, 3.05) is 32.4 Å². The molecule has 0 aliphatic heterocycles. The van der Waals surface area contributed by atoms with Gasteiger partial charge in [-0.25, -0.2) is 0 Å². The molecule has 1 aliphatic carbocycles. The maximum Gasteiger partial charge on any atom is 0.234 e. The number of carbonyl (C=O) groups excluding carboxylic acids is 2. The zero-order chi connectivity index (χ0) is 15.8. The summed E-state index contributed by atoms with van der Waals surface area (Å²) in [5.41, 5.74) is 0. The molecule has 0 aromatic heterocycles. The summed E-state index contributed by atoms with van der Waals surface area (Å²) in [5, 5.41) is 5.79. The molecule has 2 amide bonds. The number of amides is 2. The van der Waals surface area contributed by atoms with E-state index >= 15 is 0 Å². The summed E-state index contributed by atoms with van der Waals surface area (Å²) in [6, 6.07) is 10.5. The van der Waals surface area contributed by atoms with E-state index in [1.807, 2.05) is 18.2 Å². The molecular weight excluding hydrogens is 298 g/mol. The summed E-state index contributed by atoms with van der Waals surface area (Å²) in [5.74, 6) is 0.787. The predicted molar refractivity (Wildman–Crippen MR) is 88.8 cm³/mol. The molecule has 1 fully saturated rings. The van der Waals surface area contributed by atoms with Crippen molar-refractivity contribution >= 4 is 23.6 Å². The van der Waals surface area contributed by atoms with Gasteiger partial charge in [0.05, 0.1) is 13.1 Å². The van der Waals surface area contributed by atoms with Gasteiger partial charge < -0.3 is 10.6 Å². The number of nitrogens with one attached hydrogen (secondary N) is 2. The van der Waals surface area contributed by atoms with E-state index in [0.29, 0.717) is 12.6 Å². The zero-order valence-corrected chi connectivity index (χ0v) is 13.7. The van der Waals surface area contributed by atoms with Crippen molar-refractivity contribution in [3.63, 3.8) is 0 Å². The van der Waals surface area contributed by atoms with Crippen LogP contribution in [0.15, 0.2) is 35.2 Å². The molecule has 0 bridgehead atoms. The summed E-state index contributed by atoms with van der Waals surface area (Å²) in [4.78, 5) is 26.3. The molecule has 1 aromatic rings. The molecule has 2 rings (SSSR count). The van der Waals surface area contributed by atoms with Gasteiger partial charge in [0, 0.05) is 23.2 Å². The second-order valence-corrected chi connectivity index (χ2v) is 6.69. The molecule has 1 saturated carbocycles. The second-order valence-electron chi connectivity index (χ2n) is 5.53. The van der Waals surface area contributed by atoms with Gasteiger partial charge in [-0.2, -0.15) is 0 Å². The van der Waals surface area contributed by atoms with Crippen LogP contribution in [0.2, 0.25) is 0 Å². The smallest absolute Gasteiger partial charge is 0.234 e. The summed E-state index contributed by atoms with van der Waals surface area (Å²) in [6.45, 7) is 1.14. The highest BCUT2D eigenvalue weighted by Gasteiger charge is 2.23. The minimum absolute atomic E-state index is 0.00238. The van der Waals surface area contributed by atoms with Gasteiger partial charge in [0.15, 0.2) is 0 Å². The largest absolute Gasteiger partial charge is 0.354 e. The van der Waals surface area contributed by atoms with Crippen molar-refractivity contribution in [2.24, 2.45) is 0 Å². The Hall–Kier alpha value is -1.53. The van der Waals surface area contributed by atoms with E-state index < -0.39 is 0 Å². The monoisotopic (exact) mass is 321 g/mol. The molecule has 0 spiro atoms. The maximum absolute atomic E-state index is 11.8. The lowest BCUT2D eigenvalue weighted by Gasteiger charge is -2.15. The number of benzene rings is 1.